The monoisotopic (exact) mass is 452 g/mol. The van der Waals surface area contributed by atoms with Gasteiger partial charge < -0.3 is 14.7 Å². The first-order valence-corrected chi connectivity index (χ1v) is 13.0. The lowest BCUT2D eigenvalue weighted by Gasteiger charge is -2.26. The quantitative estimate of drug-likeness (QED) is 0.202. The molecule has 0 aliphatic carbocycles. The summed E-state index contributed by atoms with van der Waals surface area (Å²) < 4.78 is 37.4. The largest absolute Gasteiger partial charge is 0.481 e. The number of carboxylic acid groups (broad SMARTS) is 1. The van der Waals surface area contributed by atoms with E-state index in [1.54, 1.807) is 0 Å². The normalized spacial score (nSPS) is 13.3. The molecular weight excluding hydrogens is 408 g/mol. The third kappa shape index (κ3) is 19.2. The highest BCUT2D eigenvalue weighted by atomic mass is 32.2. The molecule has 0 fully saturated rings. The van der Waals surface area contributed by atoms with E-state index in [1.165, 1.54) is 32.1 Å². The Hall–Kier alpha value is -0.740. The van der Waals surface area contributed by atoms with Crippen molar-refractivity contribution in [1.82, 2.24) is 9.80 Å². The van der Waals surface area contributed by atoms with Crippen LogP contribution in [0.15, 0.2) is 0 Å². The maximum absolute atomic E-state index is 11.1. The van der Waals surface area contributed by atoms with Crippen LogP contribution in [0.2, 0.25) is 0 Å². The molecule has 1 unspecified atom stereocenters. The van der Waals surface area contributed by atoms with E-state index >= 15 is 0 Å². The number of nitrogens with zero attached hydrogens (tertiary/aromatic N) is 2. The summed E-state index contributed by atoms with van der Waals surface area (Å²) in [4.78, 5) is 14.6. The van der Waals surface area contributed by atoms with Crippen LogP contribution in [0.1, 0.15) is 71.6 Å². The molecule has 2 N–H and O–H groups in total. The van der Waals surface area contributed by atoms with Gasteiger partial charge in [0.1, 0.15) is 0 Å². The molecule has 0 aromatic carbocycles. The van der Waals surface area contributed by atoms with Gasteiger partial charge in [-0.2, -0.15) is 8.42 Å². The second-order valence-electron chi connectivity index (χ2n) is 8.06. The first-order valence-electron chi connectivity index (χ1n) is 11.4. The van der Waals surface area contributed by atoms with E-state index in [0.717, 1.165) is 19.3 Å². The van der Waals surface area contributed by atoms with E-state index < -0.39 is 16.1 Å². The van der Waals surface area contributed by atoms with Crippen LogP contribution in [-0.4, -0.2) is 92.1 Å². The number of likely N-dealkylation sites (N-methyl/N-ethyl adjacent to an activating group) is 1. The van der Waals surface area contributed by atoms with Gasteiger partial charge in [-0.05, 0) is 19.9 Å². The van der Waals surface area contributed by atoms with Gasteiger partial charge in [0, 0.05) is 32.7 Å². The SMILES string of the molecule is CCCCCCCC(CCC)OCCN(CCN(C)CCC(=O)O)CCS(=O)(=O)O. The number of hydrogen-bond donors (Lipinski definition) is 2. The van der Waals surface area contributed by atoms with E-state index in [0.29, 0.717) is 32.8 Å². The van der Waals surface area contributed by atoms with Crippen LogP contribution >= 0.6 is 0 Å². The number of hydrogen-bond acceptors (Lipinski definition) is 6. The second kappa shape index (κ2) is 17.9. The molecule has 0 aliphatic heterocycles. The maximum Gasteiger partial charge on any atom is 0.304 e. The molecule has 0 saturated heterocycles. The number of aliphatic carboxylic acids is 1. The van der Waals surface area contributed by atoms with Crippen LogP contribution in [-0.2, 0) is 19.6 Å². The van der Waals surface area contributed by atoms with Crippen molar-refractivity contribution in [3.8, 4) is 0 Å². The zero-order chi connectivity index (χ0) is 22.8. The zero-order valence-electron chi connectivity index (χ0n) is 19.2. The lowest BCUT2D eigenvalue weighted by atomic mass is 10.1. The summed E-state index contributed by atoms with van der Waals surface area (Å²) in [7, 11) is -2.18. The molecule has 30 heavy (non-hydrogen) atoms. The molecule has 8 nitrogen and oxygen atoms in total. The lowest BCUT2D eigenvalue weighted by molar-refractivity contribution is -0.137. The first-order chi connectivity index (χ1) is 14.2. The van der Waals surface area contributed by atoms with Gasteiger partial charge in [-0.3, -0.25) is 14.2 Å². The van der Waals surface area contributed by atoms with Crippen LogP contribution < -0.4 is 0 Å². The lowest BCUT2D eigenvalue weighted by Crippen LogP contribution is -2.39. The molecule has 0 aromatic heterocycles. The van der Waals surface area contributed by atoms with Crippen LogP contribution in [0.3, 0.4) is 0 Å². The van der Waals surface area contributed by atoms with Gasteiger partial charge in [0.15, 0.2) is 0 Å². The highest BCUT2D eigenvalue weighted by molar-refractivity contribution is 7.85. The van der Waals surface area contributed by atoms with E-state index in [2.05, 4.69) is 13.8 Å². The second-order valence-corrected chi connectivity index (χ2v) is 9.63. The Balaban J connectivity index is 4.44. The molecule has 0 saturated carbocycles. The number of carboxylic acids is 1. The van der Waals surface area contributed by atoms with Crippen LogP contribution in [0.5, 0.6) is 0 Å². The molecule has 0 heterocycles. The summed E-state index contributed by atoms with van der Waals surface area (Å²) in [5.41, 5.74) is 0. The molecule has 0 radical (unpaired) electrons. The Kier molecular flexibility index (Phi) is 17.5. The third-order valence-corrected chi connectivity index (χ3v) is 5.87. The summed E-state index contributed by atoms with van der Waals surface area (Å²) >= 11 is 0. The standard InChI is InChI=1S/C21H44N2O6S/c1-4-6-7-8-9-11-20(10-5-2)29-18-16-23(17-19-30(26,27)28)15-14-22(3)13-12-21(24)25/h20H,4-19H2,1-3H3,(H,24,25)(H,26,27,28). The minimum Gasteiger partial charge on any atom is -0.481 e. The van der Waals surface area contributed by atoms with Gasteiger partial charge >= 0.3 is 5.97 Å². The number of rotatable bonds is 21. The Morgan fingerprint density at radius 3 is 2.23 bits per heavy atom. The van der Waals surface area contributed by atoms with Crippen molar-refractivity contribution in [3.63, 3.8) is 0 Å². The Morgan fingerprint density at radius 1 is 0.933 bits per heavy atom. The van der Waals surface area contributed by atoms with E-state index in [-0.39, 0.29) is 24.8 Å². The minimum absolute atomic E-state index is 0.0710. The molecule has 0 aliphatic rings. The molecule has 0 rings (SSSR count). The summed E-state index contributed by atoms with van der Waals surface area (Å²) in [6.45, 7) is 7.33. The molecule has 180 valence electrons. The van der Waals surface area contributed by atoms with Crippen molar-refractivity contribution in [3.05, 3.63) is 0 Å². The number of unbranched alkanes of at least 4 members (excludes halogenated alkanes) is 4. The fraction of sp³-hybridized carbons (Fsp3) is 0.952. The Morgan fingerprint density at radius 2 is 1.63 bits per heavy atom. The van der Waals surface area contributed by atoms with Crippen molar-refractivity contribution >= 4 is 16.1 Å². The third-order valence-electron chi connectivity index (χ3n) is 5.17. The number of ether oxygens (including phenoxy) is 1. The van der Waals surface area contributed by atoms with Crippen molar-refractivity contribution in [1.29, 1.82) is 0 Å². The summed E-state index contributed by atoms with van der Waals surface area (Å²) in [5.74, 6) is -1.16. The predicted molar refractivity (Wildman–Crippen MR) is 121 cm³/mol. The average molecular weight is 453 g/mol. The first kappa shape index (κ1) is 29.3. The Bertz CT molecular complexity index is 530. The van der Waals surface area contributed by atoms with Crippen LogP contribution in [0.4, 0.5) is 0 Å². The highest BCUT2D eigenvalue weighted by Crippen LogP contribution is 2.13. The van der Waals surface area contributed by atoms with Crippen LogP contribution in [0.25, 0.3) is 0 Å². The fourth-order valence-electron chi connectivity index (χ4n) is 3.25. The topological polar surface area (TPSA) is 107 Å². The molecule has 0 spiro atoms. The molecule has 0 aromatic rings. The molecular formula is C21H44N2O6S. The molecule has 0 bridgehead atoms. The van der Waals surface area contributed by atoms with Crippen LogP contribution in [0, 0.1) is 0 Å². The van der Waals surface area contributed by atoms with E-state index in [4.69, 9.17) is 14.4 Å². The maximum atomic E-state index is 11.1. The van der Waals surface area contributed by atoms with Gasteiger partial charge in [-0.1, -0.05) is 52.4 Å². The predicted octanol–water partition coefficient (Wildman–Crippen LogP) is 3.13. The molecule has 0 amide bonds. The summed E-state index contributed by atoms with van der Waals surface area (Å²) in [6, 6.07) is 0. The van der Waals surface area contributed by atoms with Gasteiger partial charge in [0.2, 0.25) is 0 Å². The summed E-state index contributed by atoms with van der Waals surface area (Å²) in [5, 5.41) is 8.78. The van der Waals surface area contributed by atoms with Crippen molar-refractivity contribution in [2.45, 2.75) is 77.7 Å². The van der Waals surface area contributed by atoms with Gasteiger partial charge in [-0.25, -0.2) is 0 Å². The average Bonchev–Trinajstić information content (AvgIpc) is 2.66. The van der Waals surface area contributed by atoms with Crippen molar-refractivity contribution in [2.75, 3.05) is 52.1 Å². The molecule has 1 atom stereocenters. The fourth-order valence-corrected chi connectivity index (χ4v) is 3.74. The van der Waals surface area contributed by atoms with Gasteiger partial charge in [0.25, 0.3) is 10.1 Å². The Labute approximate surface area is 183 Å². The van der Waals surface area contributed by atoms with Crippen molar-refractivity contribution in [2.24, 2.45) is 0 Å². The van der Waals surface area contributed by atoms with Gasteiger partial charge in [-0.15, -0.1) is 0 Å². The van der Waals surface area contributed by atoms with Crippen molar-refractivity contribution < 1.29 is 27.6 Å². The minimum atomic E-state index is -4.02. The number of carbonyl (C=O) groups is 1. The zero-order valence-corrected chi connectivity index (χ0v) is 20.0. The smallest absolute Gasteiger partial charge is 0.304 e. The summed E-state index contributed by atoms with van der Waals surface area (Å²) in [6.07, 6.45) is 9.65. The molecule has 9 heteroatoms. The van der Waals surface area contributed by atoms with E-state index in [9.17, 15) is 13.2 Å². The van der Waals surface area contributed by atoms with E-state index in [1.807, 2.05) is 16.8 Å². The van der Waals surface area contributed by atoms with Gasteiger partial charge in [0.05, 0.1) is 24.9 Å². The highest BCUT2D eigenvalue weighted by Gasteiger charge is 2.14.